The highest BCUT2D eigenvalue weighted by atomic mass is 16.6. The zero-order valence-electron chi connectivity index (χ0n) is 16.1. The number of hydrogen-bond donors (Lipinski definition) is 0. The molecule has 7 heteroatoms. The Hall–Kier alpha value is -3.09. The lowest BCUT2D eigenvalue weighted by Crippen LogP contribution is -2.11. The molecule has 0 radical (unpaired) electrons. The summed E-state index contributed by atoms with van der Waals surface area (Å²) < 4.78 is 17.1. The van der Waals surface area contributed by atoms with Crippen molar-refractivity contribution in [2.45, 2.75) is 20.8 Å². The van der Waals surface area contributed by atoms with Gasteiger partial charge in [-0.15, -0.1) is 10.2 Å². The molecule has 144 valence electrons. The predicted octanol–water partition coefficient (Wildman–Crippen LogP) is 3.49. The minimum absolute atomic E-state index is 0.360. The van der Waals surface area contributed by atoms with Gasteiger partial charge in [-0.1, -0.05) is 17.3 Å². The number of oxime groups is 1. The number of benzene rings is 1. The van der Waals surface area contributed by atoms with E-state index in [1.165, 1.54) is 13.3 Å². The lowest BCUT2D eigenvalue weighted by molar-refractivity contribution is 0.208. The van der Waals surface area contributed by atoms with Crippen LogP contribution in [0.25, 0.3) is 0 Å². The van der Waals surface area contributed by atoms with Gasteiger partial charge in [-0.2, -0.15) is 0 Å². The highest BCUT2D eigenvalue weighted by Gasteiger charge is 2.07. The van der Waals surface area contributed by atoms with Crippen LogP contribution in [0.15, 0.2) is 41.6 Å². The Bertz CT molecular complexity index is 750. The van der Waals surface area contributed by atoms with Gasteiger partial charge in [0.1, 0.15) is 44.1 Å². The third kappa shape index (κ3) is 6.62. The average Bonchev–Trinajstić information content (AvgIpc) is 2.66. The van der Waals surface area contributed by atoms with Gasteiger partial charge in [0, 0.05) is 6.07 Å². The molecule has 1 aromatic carbocycles. The summed E-state index contributed by atoms with van der Waals surface area (Å²) in [7, 11) is 1.47. The van der Waals surface area contributed by atoms with Gasteiger partial charge in [0.2, 0.25) is 5.88 Å². The first-order valence-electron chi connectivity index (χ1n) is 8.65. The lowest BCUT2D eigenvalue weighted by Gasteiger charge is -2.14. The summed E-state index contributed by atoms with van der Waals surface area (Å²) in [6.07, 6.45) is 5.39. The van der Waals surface area contributed by atoms with Gasteiger partial charge in [0.05, 0.1) is 6.21 Å². The van der Waals surface area contributed by atoms with Crippen LogP contribution in [-0.4, -0.2) is 43.3 Å². The number of allylic oxidation sites excluding steroid dienone is 1. The van der Waals surface area contributed by atoms with Crippen molar-refractivity contribution in [2.75, 3.05) is 26.9 Å². The molecule has 0 aliphatic rings. The van der Waals surface area contributed by atoms with E-state index in [-0.39, 0.29) is 0 Å². The Morgan fingerprint density at radius 1 is 1.00 bits per heavy atom. The molecule has 2 rings (SSSR count). The minimum Gasteiger partial charge on any atom is -0.490 e. The van der Waals surface area contributed by atoms with E-state index in [1.54, 1.807) is 12.1 Å². The van der Waals surface area contributed by atoms with Crippen molar-refractivity contribution in [3.05, 3.63) is 53.2 Å². The Kier molecular flexibility index (Phi) is 8.09. The van der Waals surface area contributed by atoms with E-state index in [1.807, 2.05) is 45.1 Å². The Balaban J connectivity index is 1.83. The third-order valence-corrected chi connectivity index (χ3v) is 3.55. The van der Waals surface area contributed by atoms with E-state index in [2.05, 4.69) is 20.2 Å². The van der Waals surface area contributed by atoms with Gasteiger partial charge in [0.25, 0.3) is 0 Å². The summed E-state index contributed by atoms with van der Waals surface area (Å²) in [6, 6.07) is 7.40. The molecule has 0 amide bonds. The molecule has 1 aromatic heterocycles. The summed E-state index contributed by atoms with van der Waals surface area (Å²) >= 11 is 0. The topological polar surface area (TPSA) is 75.1 Å². The van der Waals surface area contributed by atoms with E-state index in [4.69, 9.17) is 14.2 Å². The first-order valence-corrected chi connectivity index (χ1v) is 8.65. The normalized spacial score (nSPS) is 11.1. The molecular weight excluding hydrogens is 346 g/mol. The quantitative estimate of drug-likeness (QED) is 0.275. The highest BCUT2D eigenvalue weighted by Crippen LogP contribution is 2.28. The summed E-state index contributed by atoms with van der Waals surface area (Å²) in [5.41, 5.74) is 2.63. The van der Waals surface area contributed by atoms with Crippen LogP contribution in [0, 0.1) is 13.8 Å². The van der Waals surface area contributed by atoms with Crippen LogP contribution in [-0.2, 0) is 4.84 Å². The molecule has 0 aliphatic heterocycles. The first-order chi connectivity index (χ1) is 13.1. The molecule has 0 atom stereocenters. The average molecular weight is 371 g/mol. The summed E-state index contributed by atoms with van der Waals surface area (Å²) in [5.74, 6) is 2.10. The second-order valence-corrected chi connectivity index (χ2v) is 5.68. The largest absolute Gasteiger partial charge is 0.490 e. The van der Waals surface area contributed by atoms with Crippen LogP contribution in [0.1, 0.15) is 23.7 Å². The monoisotopic (exact) mass is 371 g/mol. The molecular formula is C20H25N3O4. The number of hydrogen-bond acceptors (Lipinski definition) is 7. The van der Waals surface area contributed by atoms with Crippen molar-refractivity contribution >= 4 is 6.21 Å². The fourth-order valence-electron chi connectivity index (χ4n) is 2.33. The second kappa shape index (κ2) is 10.8. The molecule has 0 fully saturated rings. The smallest absolute Gasteiger partial charge is 0.233 e. The van der Waals surface area contributed by atoms with Crippen LogP contribution < -0.4 is 14.2 Å². The fraction of sp³-hybridized carbons (Fsp3) is 0.350. The van der Waals surface area contributed by atoms with Crippen LogP contribution >= 0.6 is 0 Å². The molecule has 1 heterocycles. The molecule has 0 aliphatic carbocycles. The van der Waals surface area contributed by atoms with Crippen LogP contribution in [0.5, 0.6) is 17.4 Å². The number of nitrogens with zero attached hydrogens (tertiary/aromatic N) is 3. The van der Waals surface area contributed by atoms with Crippen molar-refractivity contribution < 1.29 is 19.0 Å². The molecule has 0 bridgehead atoms. The predicted molar refractivity (Wildman–Crippen MR) is 104 cm³/mol. The van der Waals surface area contributed by atoms with E-state index < -0.39 is 0 Å². The molecule has 0 spiro atoms. The van der Waals surface area contributed by atoms with E-state index >= 15 is 0 Å². The molecule has 0 saturated heterocycles. The van der Waals surface area contributed by atoms with Gasteiger partial charge < -0.3 is 19.0 Å². The Labute approximate surface area is 159 Å². The van der Waals surface area contributed by atoms with Gasteiger partial charge in [-0.25, -0.2) is 0 Å². The number of ether oxygens (including phenoxy) is 3. The number of aryl methyl sites for hydroxylation is 2. The highest BCUT2D eigenvalue weighted by molar-refractivity contribution is 5.75. The molecule has 27 heavy (non-hydrogen) atoms. The van der Waals surface area contributed by atoms with Gasteiger partial charge >= 0.3 is 0 Å². The first kappa shape index (κ1) is 20.2. The molecule has 7 nitrogen and oxygen atoms in total. The number of aromatic nitrogens is 2. The van der Waals surface area contributed by atoms with Crippen molar-refractivity contribution in [2.24, 2.45) is 5.16 Å². The Morgan fingerprint density at radius 3 is 2.37 bits per heavy atom. The maximum absolute atomic E-state index is 5.87. The van der Waals surface area contributed by atoms with Crippen molar-refractivity contribution in [1.29, 1.82) is 0 Å². The van der Waals surface area contributed by atoms with Gasteiger partial charge in [-0.3, -0.25) is 0 Å². The van der Waals surface area contributed by atoms with Crippen molar-refractivity contribution in [3.8, 4) is 17.4 Å². The zero-order chi connectivity index (χ0) is 19.5. The third-order valence-electron chi connectivity index (χ3n) is 3.55. The zero-order valence-corrected chi connectivity index (χ0v) is 16.1. The maximum Gasteiger partial charge on any atom is 0.233 e. The molecule has 2 aromatic rings. The summed E-state index contributed by atoms with van der Waals surface area (Å²) in [5, 5.41) is 11.5. The van der Waals surface area contributed by atoms with Crippen molar-refractivity contribution in [1.82, 2.24) is 10.2 Å². The lowest BCUT2D eigenvalue weighted by atomic mass is 10.1. The standard InChI is InChI=1S/C20H25N3O4/c1-5-6-9-25-18-12-15(2)20(16(3)13-18)27-11-10-26-19-8-7-17(22-23-19)14-21-24-4/h5-8,12-14H,9-11H2,1-4H3/b6-5+,21-14?. The van der Waals surface area contributed by atoms with Gasteiger partial charge in [-0.05, 0) is 50.1 Å². The number of rotatable bonds is 10. The van der Waals surface area contributed by atoms with E-state index in [9.17, 15) is 0 Å². The SMILES string of the molecule is C/C=C/COc1cc(C)c(OCCOc2ccc(C=NOC)nn2)c(C)c1. The fourth-order valence-corrected chi connectivity index (χ4v) is 2.33. The minimum atomic E-state index is 0.360. The van der Waals surface area contributed by atoms with Crippen LogP contribution in [0.2, 0.25) is 0 Å². The van der Waals surface area contributed by atoms with E-state index in [0.29, 0.717) is 31.4 Å². The summed E-state index contributed by atoms with van der Waals surface area (Å²) in [6.45, 7) is 7.28. The van der Waals surface area contributed by atoms with Crippen LogP contribution in [0.4, 0.5) is 0 Å². The molecule has 0 saturated carbocycles. The molecule has 0 N–H and O–H groups in total. The van der Waals surface area contributed by atoms with E-state index in [0.717, 1.165) is 22.6 Å². The van der Waals surface area contributed by atoms with Gasteiger partial charge in [0.15, 0.2) is 0 Å². The Morgan fingerprint density at radius 2 is 1.74 bits per heavy atom. The molecule has 0 unspecified atom stereocenters. The second-order valence-electron chi connectivity index (χ2n) is 5.68. The summed E-state index contributed by atoms with van der Waals surface area (Å²) in [4.78, 5) is 4.59. The van der Waals surface area contributed by atoms with Crippen LogP contribution in [0.3, 0.4) is 0 Å². The maximum atomic E-state index is 5.87. The van der Waals surface area contributed by atoms with Crippen molar-refractivity contribution in [3.63, 3.8) is 0 Å².